The maximum Gasteiger partial charge on any atom is 0.233 e. The first-order valence-electron chi connectivity index (χ1n) is 7.69. The lowest BCUT2D eigenvalue weighted by atomic mass is 10.1. The number of aromatic nitrogens is 1. The number of quaternary nitrogens is 1. The van der Waals surface area contributed by atoms with E-state index in [1.54, 1.807) is 19.1 Å². The summed E-state index contributed by atoms with van der Waals surface area (Å²) >= 11 is 12.1. The molecule has 0 saturated carbocycles. The molecule has 2 aromatic rings. The summed E-state index contributed by atoms with van der Waals surface area (Å²) in [5, 5.41) is 1.19. The van der Waals surface area contributed by atoms with E-state index in [1.807, 2.05) is 20.0 Å². The average Bonchev–Trinajstić information content (AvgIpc) is 2.77. The third-order valence-electron chi connectivity index (χ3n) is 4.04. The fraction of sp³-hybridized carbons (Fsp3) is 0.333. The minimum Gasteiger partial charge on any atom is -0.355 e. The predicted octanol–water partition coefficient (Wildman–Crippen LogP) is 3.04. The minimum absolute atomic E-state index is 0.0225. The third-order valence-corrected chi connectivity index (χ3v) is 4.63. The molecule has 0 fully saturated rings. The van der Waals surface area contributed by atoms with Crippen LogP contribution in [0.3, 0.4) is 0 Å². The Balaban J connectivity index is 2.12. The topological polar surface area (TPSA) is 54.4 Å². The van der Waals surface area contributed by atoms with Crippen molar-refractivity contribution in [2.24, 2.45) is 0 Å². The van der Waals surface area contributed by atoms with E-state index < -0.39 is 0 Å². The molecule has 0 radical (unpaired) electrons. The van der Waals surface area contributed by atoms with E-state index in [-0.39, 0.29) is 11.6 Å². The number of benzene rings is 1. The highest BCUT2D eigenvalue weighted by Gasteiger charge is 2.22. The average molecular weight is 368 g/mol. The number of carbonyl (C=O) groups excluding carboxylic acids is 2. The zero-order chi connectivity index (χ0) is 18.0. The summed E-state index contributed by atoms with van der Waals surface area (Å²) in [4.78, 5) is 28.3. The van der Waals surface area contributed by atoms with E-state index in [0.29, 0.717) is 34.4 Å². The van der Waals surface area contributed by atoms with Crippen LogP contribution >= 0.6 is 23.2 Å². The van der Waals surface area contributed by atoms with Crippen LogP contribution in [-0.4, -0.2) is 30.1 Å². The van der Waals surface area contributed by atoms with Crippen LogP contribution in [0.4, 0.5) is 0 Å². The van der Waals surface area contributed by atoms with Crippen molar-refractivity contribution in [3.05, 3.63) is 56.3 Å². The number of halogens is 2. The van der Waals surface area contributed by atoms with Crippen LogP contribution in [0.1, 0.15) is 44.6 Å². The molecule has 2 N–H and O–H groups in total. The second kappa shape index (κ2) is 7.51. The first-order chi connectivity index (χ1) is 11.2. The summed E-state index contributed by atoms with van der Waals surface area (Å²) in [6, 6.07) is 5.36. The van der Waals surface area contributed by atoms with Crippen molar-refractivity contribution in [2.45, 2.75) is 27.3 Å². The SMILES string of the molecule is CC(=O)c1c(C)[nH]c(C(=O)C[NH+](C)Cc2ccc(Cl)cc2Cl)c1C. The van der Waals surface area contributed by atoms with Gasteiger partial charge < -0.3 is 9.88 Å². The Bertz CT molecular complexity index is 797. The van der Waals surface area contributed by atoms with Gasteiger partial charge in [-0.2, -0.15) is 0 Å². The lowest BCUT2D eigenvalue weighted by molar-refractivity contribution is -0.884. The van der Waals surface area contributed by atoms with Gasteiger partial charge >= 0.3 is 0 Å². The first kappa shape index (κ1) is 18.7. The molecule has 4 nitrogen and oxygen atoms in total. The number of hydrogen-bond acceptors (Lipinski definition) is 2. The Morgan fingerprint density at radius 2 is 1.88 bits per heavy atom. The molecule has 1 heterocycles. The zero-order valence-corrected chi connectivity index (χ0v) is 15.7. The maximum absolute atomic E-state index is 12.6. The standard InChI is InChI=1S/C18H20Cl2N2O2/c1-10-17(12(3)23)11(2)21-18(10)16(24)9-22(4)8-13-5-6-14(19)7-15(13)20/h5-7,21H,8-9H2,1-4H3/p+1. The van der Waals surface area contributed by atoms with Gasteiger partial charge in [0.2, 0.25) is 5.78 Å². The highest BCUT2D eigenvalue weighted by atomic mass is 35.5. The quantitative estimate of drug-likeness (QED) is 0.771. The Labute approximate surface area is 151 Å². The summed E-state index contributed by atoms with van der Waals surface area (Å²) in [6.07, 6.45) is 0. The van der Waals surface area contributed by atoms with Gasteiger partial charge in [0.25, 0.3) is 0 Å². The van der Waals surface area contributed by atoms with E-state index in [0.717, 1.165) is 21.7 Å². The van der Waals surface area contributed by atoms with Gasteiger partial charge in [-0.25, -0.2) is 0 Å². The highest BCUT2D eigenvalue weighted by Crippen LogP contribution is 2.20. The van der Waals surface area contributed by atoms with Crippen LogP contribution < -0.4 is 4.90 Å². The maximum atomic E-state index is 12.6. The van der Waals surface area contributed by atoms with E-state index >= 15 is 0 Å². The van der Waals surface area contributed by atoms with Crippen molar-refractivity contribution < 1.29 is 14.5 Å². The number of hydrogen-bond donors (Lipinski definition) is 2. The number of nitrogens with one attached hydrogen (secondary N) is 2. The smallest absolute Gasteiger partial charge is 0.233 e. The fourth-order valence-electron chi connectivity index (χ4n) is 2.97. The summed E-state index contributed by atoms with van der Waals surface area (Å²) in [7, 11) is 1.93. The normalized spacial score (nSPS) is 12.2. The van der Waals surface area contributed by atoms with Gasteiger partial charge in [0, 0.05) is 21.8 Å². The highest BCUT2D eigenvalue weighted by molar-refractivity contribution is 6.35. The molecule has 0 aliphatic rings. The predicted molar refractivity (Wildman–Crippen MR) is 96.5 cm³/mol. The Hall–Kier alpha value is -1.62. The molecular weight excluding hydrogens is 347 g/mol. The fourth-order valence-corrected chi connectivity index (χ4v) is 3.45. The van der Waals surface area contributed by atoms with Gasteiger partial charge in [-0.3, -0.25) is 9.59 Å². The van der Waals surface area contributed by atoms with Gasteiger partial charge in [0.05, 0.1) is 17.8 Å². The molecule has 6 heteroatoms. The van der Waals surface area contributed by atoms with E-state index in [9.17, 15) is 9.59 Å². The molecule has 128 valence electrons. The lowest BCUT2D eigenvalue weighted by Crippen LogP contribution is -3.08. The van der Waals surface area contributed by atoms with Gasteiger partial charge in [0.15, 0.2) is 5.78 Å². The summed E-state index contributed by atoms with van der Waals surface area (Å²) in [5.41, 5.74) is 3.52. The first-order valence-corrected chi connectivity index (χ1v) is 8.44. The Kier molecular flexibility index (Phi) is 5.86. The molecule has 0 aliphatic carbocycles. The van der Waals surface area contributed by atoms with Crippen LogP contribution in [0, 0.1) is 13.8 Å². The van der Waals surface area contributed by atoms with Gasteiger partial charge in [-0.05, 0) is 38.5 Å². The molecule has 1 aromatic carbocycles. The Morgan fingerprint density at radius 3 is 2.42 bits per heavy atom. The van der Waals surface area contributed by atoms with Crippen molar-refractivity contribution in [1.29, 1.82) is 0 Å². The number of H-pyrrole nitrogens is 1. The minimum atomic E-state index is -0.0334. The van der Waals surface area contributed by atoms with Gasteiger partial charge in [-0.1, -0.05) is 29.3 Å². The molecule has 1 unspecified atom stereocenters. The molecule has 0 bridgehead atoms. The van der Waals surface area contributed by atoms with Crippen LogP contribution in [0.2, 0.25) is 10.0 Å². The molecule has 0 aliphatic heterocycles. The number of likely N-dealkylation sites (N-methyl/N-ethyl adjacent to an activating group) is 1. The van der Waals surface area contributed by atoms with E-state index in [1.165, 1.54) is 6.92 Å². The van der Waals surface area contributed by atoms with Crippen molar-refractivity contribution in [3.63, 3.8) is 0 Å². The van der Waals surface area contributed by atoms with Gasteiger partial charge in [0.1, 0.15) is 13.1 Å². The Morgan fingerprint density at radius 1 is 1.21 bits per heavy atom. The molecule has 1 atom stereocenters. The van der Waals surface area contributed by atoms with Gasteiger partial charge in [-0.15, -0.1) is 0 Å². The largest absolute Gasteiger partial charge is 0.355 e. The monoisotopic (exact) mass is 367 g/mol. The summed E-state index contributed by atoms with van der Waals surface area (Å²) in [5.74, 6) is -0.0559. The lowest BCUT2D eigenvalue weighted by Gasteiger charge is -2.14. The molecule has 24 heavy (non-hydrogen) atoms. The number of rotatable bonds is 6. The molecular formula is C18H21Cl2N2O2+. The number of ketones is 2. The number of carbonyl (C=O) groups is 2. The summed E-state index contributed by atoms with van der Waals surface area (Å²) < 4.78 is 0. The van der Waals surface area contributed by atoms with Crippen LogP contribution in [0.15, 0.2) is 18.2 Å². The van der Waals surface area contributed by atoms with Crippen molar-refractivity contribution in [3.8, 4) is 0 Å². The second-order valence-corrected chi connectivity index (χ2v) is 6.99. The number of aryl methyl sites for hydroxylation is 1. The van der Waals surface area contributed by atoms with Crippen molar-refractivity contribution in [2.75, 3.05) is 13.6 Å². The number of aromatic amines is 1. The van der Waals surface area contributed by atoms with Crippen molar-refractivity contribution in [1.82, 2.24) is 4.98 Å². The molecule has 2 rings (SSSR count). The second-order valence-electron chi connectivity index (χ2n) is 6.15. The zero-order valence-electron chi connectivity index (χ0n) is 14.2. The third kappa shape index (κ3) is 4.07. The van der Waals surface area contributed by atoms with E-state index in [2.05, 4.69) is 4.98 Å². The van der Waals surface area contributed by atoms with Crippen LogP contribution in [0.5, 0.6) is 0 Å². The van der Waals surface area contributed by atoms with Crippen LogP contribution in [0.25, 0.3) is 0 Å². The summed E-state index contributed by atoms with van der Waals surface area (Å²) in [6.45, 7) is 6.04. The molecule has 0 amide bonds. The van der Waals surface area contributed by atoms with Crippen molar-refractivity contribution >= 4 is 34.8 Å². The number of Topliss-reactive ketones (excluding diaryl/α,β-unsaturated/α-hetero) is 2. The van der Waals surface area contributed by atoms with E-state index in [4.69, 9.17) is 23.2 Å². The molecule has 0 saturated heterocycles. The molecule has 1 aromatic heterocycles. The molecule has 0 spiro atoms. The van der Waals surface area contributed by atoms with Crippen LogP contribution in [-0.2, 0) is 6.54 Å².